The third kappa shape index (κ3) is 4.26. The van der Waals surface area contributed by atoms with Gasteiger partial charge in [0.1, 0.15) is 17.6 Å². The van der Waals surface area contributed by atoms with Gasteiger partial charge in [0.05, 0.1) is 19.8 Å². The van der Waals surface area contributed by atoms with Crippen LogP contribution in [0.25, 0.3) is 0 Å². The first-order valence-corrected chi connectivity index (χ1v) is 7.88. The molecule has 7 heteroatoms. The maximum atomic E-state index is 12.3. The summed E-state index contributed by atoms with van der Waals surface area (Å²) < 4.78 is 7.04. The molecule has 0 unspecified atom stereocenters. The lowest BCUT2D eigenvalue weighted by atomic mass is 10.1. The largest absolute Gasteiger partial charge is 0.497 e. The number of amides is 2. The summed E-state index contributed by atoms with van der Waals surface area (Å²) in [5.41, 5.74) is 0.886. The van der Waals surface area contributed by atoms with Crippen molar-refractivity contribution in [3.63, 3.8) is 0 Å². The zero-order valence-electron chi connectivity index (χ0n) is 14.2. The number of hydrogen-bond donors (Lipinski definition) is 3. The fraction of sp³-hybridized carbons (Fsp3) is 0.412. The summed E-state index contributed by atoms with van der Waals surface area (Å²) in [4.78, 5) is 16.6. The van der Waals surface area contributed by atoms with Gasteiger partial charge in [0.15, 0.2) is 0 Å². The number of nitrogens with zero attached hydrogens (tertiary/aromatic N) is 2. The molecule has 1 aromatic heterocycles. The Bertz CT molecular complexity index is 650. The fourth-order valence-corrected chi connectivity index (χ4v) is 2.38. The van der Waals surface area contributed by atoms with E-state index in [0.717, 1.165) is 11.3 Å². The van der Waals surface area contributed by atoms with Gasteiger partial charge in [-0.3, -0.25) is 0 Å². The third-order valence-electron chi connectivity index (χ3n) is 3.89. The highest BCUT2D eigenvalue weighted by molar-refractivity contribution is 5.75. The van der Waals surface area contributed by atoms with Crippen LogP contribution in [-0.2, 0) is 7.05 Å². The van der Waals surface area contributed by atoms with Crippen molar-refractivity contribution in [2.24, 2.45) is 7.05 Å². The second kappa shape index (κ2) is 8.35. The van der Waals surface area contributed by atoms with Crippen LogP contribution in [-0.4, -0.2) is 40.4 Å². The zero-order valence-corrected chi connectivity index (χ0v) is 14.2. The molecule has 0 saturated carbocycles. The smallest absolute Gasteiger partial charge is 0.315 e. The monoisotopic (exact) mass is 332 g/mol. The number of nitrogens with one attached hydrogen (secondary N) is 2. The van der Waals surface area contributed by atoms with Crippen LogP contribution in [0.1, 0.15) is 30.8 Å². The number of benzene rings is 1. The molecule has 0 aliphatic heterocycles. The lowest BCUT2D eigenvalue weighted by Crippen LogP contribution is -2.45. The van der Waals surface area contributed by atoms with Gasteiger partial charge in [0.2, 0.25) is 0 Å². The number of carbonyl (C=O) groups excluding carboxylic acids is 1. The first kappa shape index (κ1) is 17.8. The maximum Gasteiger partial charge on any atom is 0.315 e. The van der Waals surface area contributed by atoms with Crippen molar-refractivity contribution in [2.75, 3.05) is 13.7 Å². The number of rotatable bonds is 7. The van der Waals surface area contributed by atoms with Crippen LogP contribution >= 0.6 is 0 Å². The number of aliphatic hydroxyl groups is 1. The van der Waals surface area contributed by atoms with Crippen LogP contribution in [0.5, 0.6) is 5.75 Å². The second-order valence-electron chi connectivity index (χ2n) is 5.51. The Hall–Kier alpha value is -2.54. The third-order valence-corrected chi connectivity index (χ3v) is 3.89. The minimum Gasteiger partial charge on any atom is -0.497 e. The lowest BCUT2D eigenvalue weighted by molar-refractivity contribution is 0.212. The molecule has 1 heterocycles. The molecule has 2 amide bonds. The second-order valence-corrected chi connectivity index (χ2v) is 5.51. The van der Waals surface area contributed by atoms with E-state index in [2.05, 4.69) is 15.6 Å². The number of hydrogen-bond acceptors (Lipinski definition) is 4. The van der Waals surface area contributed by atoms with E-state index in [4.69, 9.17) is 4.74 Å². The van der Waals surface area contributed by atoms with Crippen molar-refractivity contribution in [3.05, 3.63) is 48.0 Å². The summed E-state index contributed by atoms with van der Waals surface area (Å²) >= 11 is 0. The van der Waals surface area contributed by atoms with E-state index < -0.39 is 6.04 Å². The Morgan fingerprint density at radius 2 is 2.04 bits per heavy atom. The molecule has 0 radical (unpaired) electrons. The van der Waals surface area contributed by atoms with Crippen LogP contribution in [0.4, 0.5) is 4.79 Å². The molecule has 0 fully saturated rings. The molecule has 2 rings (SSSR count). The summed E-state index contributed by atoms with van der Waals surface area (Å²) in [7, 11) is 3.48. The Balaban J connectivity index is 2.23. The van der Waals surface area contributed by atoms with Crippen LogP contribution in [0, 0.1) is 0 Å². The first-order chi connectivity index (χ1) is 11.6. The summed E-state index contributed by atoms with van der Waals surface area (Å²) in [6, 6.07) is 6.43. The van der Waals surface area contributed by atoms with E-state index in [1.165, 1.54) is 0 Å². The minimum atomic E-state index is -0.410. The van der Waals surface area contributed by atoms with Gasteiger partial charge in [0.25, 0.3) is 0 Å². The number of ether oxygens (including phenoxy) is 1. The number of methoxy groups -OCH3 is 1. The number of carbonyl (C=O) groups is 1. The zero-order chi connectivity index (χ0) is 17.5. The lowest BCUT2D eigenvalue weighted by Gasteiger charge is -2.22. The molecule has 0 spiro atoms. The van der Waals surface area contributed by atoms with Gasteiger partial charge in [-0.1, -0.05) is 19.1 Å². The van der Waals surface area contributed by atoms with Crippen molar-refractivity contribution in [2.45, 2.75) is 25.4 Å². The molecular formula is C17H24N4O3. The Morgan fingerprint density at radius 3 is 2.54 bits per heavy atom. The number of aryl methyl sites for hydroxylation is 1. The summed E-state index contributed by atoms with van der Waals surface area (Å²) in [6.07, 6.45) is 4.17. The Labute approximate surface area is 141 Å². The van der Waals surface area contributed by atoms with Gasteiger partial charge < -0.3 is 25.0 Å². The number of aliphatic hydroxyl groups excluding tert-OH is 1. The van der Waals surface area contributed by atoms with Crippen LogP contribution in [0.3, 0.4) is 0 Å². The SMILES string of the molecule is CC[C@@H](CO)NC(=O)N[C@H](c1ccc(OC)cc1)c1nccn1C. The number of imidazole rings is 1. The van der Waals surface area contributed by atoms with E-state index in [9.17, 15) is 9.90 Å². The highest BCUT2D eigenvalue weighted by Crippen LogP contribution is 2.22. The molecular weight excluding hydrogens is 308 g/mol. The molecule has 2 aromatic rings. The molecule has 2 atom stereocenters. The molecule has 3 N–H and O–H groups in total. The van der Waals surface area contributed by atoms with Crippen LogP contribution in [0.15, 0.2) is 36.7 Å². The quantitative estimate of drug-likeness (QED) is 0.718. The maximum absolute atomic E-state index is 12.3. The highest BCUT2D eigenvalue weighted by atomic mass is 16.5. The van der Waals surface area contributed by atoms with Gasteiger partial charge in [-0.05, 0) is 24.1 Å². The van der Waals surface area contributed by atoms with Gasteiger partial charge in [-0.15, -0.1) is 0 Å². The Kier molecular flexibility index (Phi) is 6.20. The molecule has 0 saturated heterocycles. The van der Waals surface area contributed by atoms with Gasteiger partial charge >= 0.3 is 6.03 Å². The fourth-order valence-electron chi connectivity index (χ4n) is 2.38. The average Bonchev–Trinajstić information content (AvgIpc) is 3.03. The molecule has 0 bridgehead atoms. The predicted molar refractivity (Wildman–Crippen MR) is 90.9 cm³/mol. The van der Waals surface area contributed by atoms with E-state index in [-0.39, 0.29) is 18.7 Å². The van der Waals surface area contributed by atoms with E-state index in [1.54, 1.807) is 13.3 Å². The number of aromatic nitrogens is 2. The van der Waals surface area contributed by atoms with Crippen molar-refractivity contribution in [1.82, 2.24) is 20.2 Å². The van der Waals surface area contributed by atoms with Crippen LogP contribution in [0.2, 0.25) is 0 Å². The summed E-state index contributed by atoms with van der Waals surface area (Å²) in [5, 5.41) is 14.9. The van der Waals surface area contributed by atoms with Gasteiger partial charge in [-0.2, -0.15) is 0 Å². The van der Waals surface area contributed by atoms with E-state index in [1.807, 2.05) is 49.0 Å². The molecule has 24 heavy (non-hydrogen) atoms. The van der Waals surface area contributed by atoms with Crippen molar-refractivity contribution in [1.29, 1.82) is 0 Å². The predicted octanol–water partition coefficient (Wildman–Crippen LogP) is 1.59. The molecule has 0 aliphatic rings. The molecule has 0 aliphatic carbocycles. The van der Waals surface area contributed by atoms with Crippen molar-refractivity contribution < 1.29 is 14.6 Å². The van der Waals surface area contributed by atoms with E-state index >= 15 is 0 Å². The van der Waals surface area contributed by atoms with Crippen molar-refractivity contribution in [3.8, 4) is 5.75 Å². The Morgan fingerprint density at radius 1 is 1.33 bits per heavy atom. The molecule has 1 aromatic carbocycles. The first-order valence-electron chi connectivity index (χ1n) is 7.88. The molecule has 130 valence electrons. The minimum absolute atomic E-state index is 0.0977. The topological polar surface area (TPSA) is 88.4 Å². The average molecular weight is 332 g/mol. The molecule has 7 nitrogen and oxygen atoms in total. The normalized spacial score (nSPS) is 13.2. The summed E-state index contributed by atoms with van der Waals surface area (Å²) in [5.74, 6) is 1.46. The summed E-state index contributed by atoms with van der Waals surface area (Å²) in [6.45, 7) is 1.81. The standard InChI is InChI=1S/C17H24N4O3/c1-4-13(11-22)19-17(23)20-15(16-18-9-10-21(16)2)12-5-7-14(24-3)8-6-12/h5-10,13,15,22H,4,11H2,1-3H3,(H2,19,20,23)/t13-,15+/m0/s1. The van der Waals surface area contributed by atoms with E-state index in [0.29, 0.717) is 12.2 Å². The van der Waals surface area contributed by atoms with Gasteiger partial charge in [0, 0.05) is 19.4 Å². The number of urea groups is 1. The van der Waals surface area contributed by atoms with Gasteiger partial charge in [-0.25, -0.2) is 9.78 Å². The van der Waals surface area contributed by atoms with Crippen molar-refractivity contribution >= 4 is 6.03 Å². The highest BCUT2D eigenvalue weighted by Gasteiger charge is 2.21. The van der Waals surface area contributed by atoms with Crippen LogP contribution < -0.4 is 15.4 Å².